The third-order valence-corrected chi connectivity index (χ3v) is 7.94. The fourth-order valence-corrected chi connectivity index (χ4v) is 6.23. The van der Waals surface area contributed by atoms with Crippen LogP contribution in [0.5, 0.6) is 11.5 Å². The van der Waals surface area contributed by atoms with Crippen molar-refractivity contribution in [1.29, 1.82) is 0 Å². The van der Waals surface area contributed by atoms with E-state index in [1.165, 1.54) is 24.5 Å². The van der Waals surface area contributed by atoms with Crippen LogP contribution >= 0.6 is 12.4 Å². The molecule has 12 heteroatoms. The molecule has 1 saturated heterocycles. The minimum absolute atomic E-state index is 0. The first-order valence-corrected chi connectivity index (χ1v) is 13.2. The zero-order chi connectivity index (χ0) is 27.0. The van der Waals surface area contributed by atoms with E-state index in [-0.39, 0.29) is 48.4 Å². The average molecular weight is 579 g/mol. The van der Waals surface area contributed by atoms with Gasteiger partial charge in [-0.05, 0) is 68.3 Å². The number of Topliss-reactive ketones (excluding diaryl/α,β-unsaturated/α-hetero) is 1. The van der Waals surface area contributed by atoms with Gasteiger partial charge in [0.15, 0.2) is 5.75 Å². The zero-order valence-electron chi connectivity index (χ0n) is 21.6. The second-order valence-electron chi connectivity index (χ2n) is 10.6. The van der Waals surface area contributed by atoms with Crippen molar-refractivity contribution < 1.29 is 32.5 Å². The normalized spacial score (nSPS) is 25.1. The summed E-state index contributed by atoms with van der Waals surface area (Å²) in [7, 11) is 0. The van der Waals surface area contributed by atoms with Crippen LogP contribution in [0.1, 0.15) is 67.4 Å². The van der Waals surface area contributed by atoms with E-state index in [9.17, 15) is 18.0 Å². The maximum atomic E-state index is 14.0. The average Bonchev–Trinajstić information content (AvgIpc) is 3.50. The molecule has 0 bridgehead atoms. The van der Waals surface area contributed by atoms with Gasteiger partial charge in [-0.1, -0.05) is 30.3 Å². The van der Waals surface area contributed by atoms with Crippen molar-refractivity contribution in [1.82, 2.24) is 20.1 Å². The van der Waals surface area contributed by atoms with Gasteiger partial charge in [0.1, 0.15) is 29.8 Å². The van der Waals surface area contributed by atoms with Crippen molar-refractivity contribution in [2.45, 2.75) is 69.5 Å². The molecular weight excluding hydrogens is 549 g/mol. The van der Waals surface area contributed by atoms with Crippen molar-refractivity contribution in [3.8, 4) is 11.5 Å². The number of carbonyl (C=O) groups excluding carboxylic acids is 1. The Morgan fingerprint density at radius 1 is 1.12 bits per heavy atom. The number of carbonyl (C=O) groups is 1. The van der Waals surface area contributed by atoms with Crippen LogP contribution < -0.4 is 9.62 Å². The van der Waals surface area contributed by atoms with Gasteiger partial charge in [-0.15, -0.1) is 25.6 Å². The molecule has 40 heavy (non-hydrogen) atoms. The maximum Gasteiger partial charge on any atom is 0.573 e. The van der Waals surface area contributed by atoms with Gasteiger partial charge in [-0.3, -0.25) is 14.8 Å². The van der Waals surface area contributed by atoms with Gasteiger partial charge in [0.25, 0.3) is 0 Å². The summed E-state index contributed by atoms with van der Waals surface area (Å²) in [6.07, 6.45) is 0.493. The van der Waals surface area contributed by atoms with Crippen molar-refractivity contribution in [3.63, 3.8) is 0 Å². The van der Waals surface area contributed by atoms with E-state index in [0.717, 1.165) is 31.4 Å². The molecule has 1 N–H and O–H groups in total. The van der Waals surface area contributed by atoms with Crippen LogP contribution in [0.2, 0.25) is 0 Å². The summed E-state index contributed by atoms with van der Waals surface area (Å²) in [5.74, 6) is 0.417. The highest BCUT2D eigenvalue weighted by Gasteiger charge is 2.56. The minimum Gasteiger partial charge on any atom is -0.406 e. The number of nitrogens with zero attached hydrogens (tertiary/aromatic N) is 3. The third kappa shape index (κ3) is 5.96. The molecule has 3 atom stereocenters. The van der Waals surface area contributed by atoms with Crippen molar-refractivity contribution in [3.05, 3.63) is 71.8 Å². The van der Waals surface area contributed by atoms with Gasteiger partial charge in [0, 0.05) is 23.4 Å². The predicted octanol–water partition coefficient (Wildman–Crippen LogP) is 6.07. The Morgan fingerprint density at radius 2 is 1.93 bits per heavy atom. The molecular formula is C28H30ClF3N4O4. The molecule has 1 aromatic heterocycles. The standard InChI is InChI=1S/C28H29F3N4O4.ClH/c29-28(30,31)37-21-9-10-23(39-38-20-7-8-20)22(14-21)19-13-24(36)27(15-19)11-4-12-35(16-25-32-17-33-34-25)26(27)18-5-2-1-3-6-18;/h1-3,5-6,9-10,14,17,19-20,26H,4,7-8,11-13,15-16H2,(H,32,33,34);1H. The fourth-order valence-electron chi connectivity index (χ4n) is 6.23. The van der Waals surface area contributed by atoms with Crippen LogP contribution in [0.25, 0.3) is 0 Å². The van der Waals surface area contributed by atoms with Crippen LogP contribution in [0.3, 0.4) is 0 Å². The van der Waals surface area contributed by atoms with Gasteiger partial charge < -0.3 is 9.62 Å². The first-order valence-electron chi connectivity index (χ1n) is 13.2. The van der Waals surface area contributed by atoms with Crippen LogP contribution in [0, 0.1) is 5.41 Å². The number of halogens is 4. The van der Waals surface area contributed by atoms with Crippen LogP contribution in [-0.4, -0.2) is 44.9 Å². The van der Waals surface area contributed by atoms with Crippen molar-refractivity contribution in [2.75, 3.05) is 6.54 Å². The number of rotatable bonds is 8. The molecule has 1 spiro atoms. The summed E-state index contributed by atoms with van der Waals surface area (Å²) in [5.41, 5.74) is 0.787. The SMILES string of the molecule is Cl.O=C1CC(c2cc(OC(F)(F)F)ccc2OOC2CC2)CC12CCCN(Cc1ncn[nH]1)C2c1ccccc1. The second kappa shape index (κ2) is 11.4. The Hall–Kier alpha value is -3.15. The van der Waals surface area contributed by atoms with Gasteiger partial charge in [-0.25, -0.2) is 4.98 Å². The van der Waals surface area contributed by atoms with Gasteiger partial charge >= 0.3 is 6.36 Å². The lowest BCUT2D eigenvalue weighted by atomic mass is 9.68. The molecule has 214 valence electrons. The summed E-state index contributed by atoms with van der Waals surface area (Å²) < 4.78 is 43.4. The van der Waals surface area contributed by atoms with Crippen LogP contribution in [-0.2, 0) is 16.2 Å². The van der Waals surface area contributed by atoms with Crippen molar-refractivity contribution >= 4 is 18.2 Å². The summed E-state index contributed by atoms with van der Waals surface area (Å²) in [5, 5.41) is 6.89. The molecule has 2 heterocycles. The molecule has 3 unspecified atom stereocenters. The molecule has 6 rings (SSSR count). The highest BCUT2D eigenvalue weighted by atomic mass is 35.5. The second-order valence-corrected chi connectivity index (χ2v) is 10.6. The maximum absolute atomic E-state index is 14.0. The van der Waals surface area contributed by atoms with Gasteiger partial charge in [0.05, 0.1) is 6.54 Å². The lowest BCUT2D eigenvalue weighted by Gasteiger charge is -2.47. The van der Waals surface area contributed by atoms with E-state index in [0.29, 0.717) is 36.5 Å². The molecule has 0 amide bonds. The molecule has 1 aliphatic heterocycles. The Kier molecular flexibility index (Phi) is 8.08. The number of alkyl halides is 3. The molecule has 3 fully saturated rings. The van der Waals surface area contributed by atoms with Gasteiger partial charge in [0.2, 0.25) is 0 Å². The predicted molar refractivity (Wildman–Crippen MR) is 140 cm³/mol. The van der Waals surface area contributed by atoms with Crippen LogP contribution in [0.15, 0.2) is 54.9 Å². The van der Waals surface area contributed by atoms with E-state index in [2.05, 4.69) is 24.8 Å². The number of ether oxygens (including phenoxy) is 1. The fraction of sp³-hybridized carbons (Fsp3) is 0.464. The summed E-state index contributed by atoms with van der Waals surface area (Å²) >= 11 is 0. The number of hydrogen-bond acceptors (Lipinski definition) is 7. The first kappa shape index (κ1) is 28.4. The van der Waals surface area contributed by atoms with Crippen molar-refractivity contribution in [2.24, 2.45) is 5.41 Å². The van der Waals surface area contributed by atoms with E-state index in [4.69, 9.17) is 9.78 Å². The lowest BCUT2D eigenvalue weighted by Crippen LogP contribution is -2.48. The van der Waals surface area contributed by atoms with E-state index >= 15 is 0 Å². The largest absolute Gasteiger partial charge is 0.573 e. The number of nitrogens with one attached hydrogen (secondary N) is 1. The Morgan fingerprint density at radius 3 is 2.62 bits per heavy atom. The molecule has 2 aliphatic carbocycles. The number of likely N-dealkylation sites (tertiary alicyclic amines) is 1. The monoisotopic (exact) mass is 578 g/mol. The third-order valence-electron chi connectivity index (χ3n) is 7.94. The summed E-state index contributed by atoms with van der Waals surface area (Å²) in [4.78, 5) is 31.6. The van der Waals surface area contributed by atoms with Gasteiger partial charge in [-0.2, -0.15) is 9.99 Å². The number of hydrogen-bond donors (Lipinski definition) is 1. The smallest absolute Gasteiger partial charge is 0.406 e. The molecule has 2 saturated carbocycles. The Bertz CT molecular complexity index is 1310. The quantitative estimate of drug-likeness (QED) is 0.256. The number of H-pyrrole nitrogens is 1. The summed E-state index contributed by atoms with van der Waals surface area (Å²) in [6.45, 7) is 1.27. The molecule has 0 radical (unpaired) electrons. The first-order chi connectivity index (χ1) is 18.8. The molecule has 3 aromatic rings. The topological polar surface area (TPSA) is 89.6 Å². The number of piperidine rings is 1. The van der Waals surface area contributed by atoms with Crippen LogP contribution in [0.4, 0.5) is 13.2 Å². The van der Waals surface area contributed by atoms with E-state index < -0.39 is 11.8 Å². The highest BCUT2D eigenvalue weighted by Crippen LogP contribution is 2.58. The molecule has 2 aromatic carbocycles. The Labute approximate surface area is 235 Å². The lowest BCUT2D eigenvalue weighted by molar-refractivity contribution is -0.274. The number of aromatic nitrogens is 3. The van der Waals surface area contributed by atoms with E-state index in [1.807, 2.05) is 30.3 Å². The number of aromatic amines is 1. The summed E-state index contributed by atoms with van der Waals surface area (Å²) in [6, 6.07) is 13.7. The number of benzene rings is 2. The number of ketones is 1. The highest BCUT2D eigenvalue weighted by molar-refractivity contribution is 5.89. The van der Waals surface area contributed by atoms with E-state index in [1.54, 1.807) is 0 Å². The minimum atomic E-state index is -4.83. The molecule has 3 aliphatic rings. The zero-order valence-corrected chi connectivity index (χ0v) is 22.4. The molecule has 8 nitrogen and oxygen atoms in total. The Balaban J connectivity index is 0.00000323.